The lowest BCUT2D eigenvalue weighted by Gasteiger charge is -2.28. The highest BCUT2D eigenvalue weighted by atomic mass is 79.9. The first-order valence-corrected chi connectivity index (χ1v) is 7.08. The normalized spacial score (nSPS) is 10.7. The van der Waals surface area contributed by atoms with Crippen molar-refractivity contribution in [1.29, 1.82) is 0 Å². The fourth-order valence-corrected chi connectivity index (χ4v) is 1.87. The van der Waals surface area contributed by atoms with E-state index >= 15 is 0 Å². The second kappa shape index (κ2) is 7.00. The zero-order valence-corrected chi connectivity index (χ0v) is 13.9. The molecule has 0 aliphatic carbocycles. The van der Waals surface area contributed by atoms with Crippen LogP contribution >= 0.6 is 15.9 Å². The van der Waals surface area contributed by atoms with Crippen molar-refractivity contribution in [3.05, 3.63) is 22.2 Å². The number of halogens is 1. The minimum atomic E-state index is 0.137. The molecule has 0 heterocycles. The predicted octanol–water partition coefficient (Wildman–Crippen LogP) is 4.09. The lowest BCUT2D eigenvalue weighted by atomic mass is 9.96. The summed E-state index contributed by atoms with van der Waals surface area (Å²) in [6.07, 6.45) is 0. The molecule has 1 aromatic rings. The quantitative estimate of drug-likeness (QED) is 0.491. The SMILES string of the molecule is CC.Cc1ccc(N(N)CC(C)(C)C)c(N)c1Br. The molecular formula is C14H26BrN3. The maximum atomic E-state index is 6.03. The Bertz CT molecular complexity index is 383. The topological polar surface area (TPSA) is 55.3 Å². The number of anilines is 2. The number of hydrogen-bond acceptors (Lipinski definition) is 3. The van der Waals surface area contributed by atoms with E-state index in [1.54, 1.807) is 5.01 Å². The van der Waals surface area contributed by atoms with Crippen molar-refractivity contribution in [2.24, 2.45) is 11.3 Å². The third kappa shape index (κ3) is 4.86. The standard InChI is InChI=1S/C12H20BrN3.C2H6/c1-8-5-6-9(11(14)10(8)13)16(15)7-12(2,3)4;1-2/h5-6H,7,14-15H2,1-4H3;1-2H3. The summed E-state index contributed by atoms with van der Waals surface area (Å²) in [4.78, 5) is 0. The van der Waals surface area contributed by atoms with Gasteiger partial charge in [-0.25, -0.2) is 5.84 Å². The number of nitrogens with two attached hydrogens (primary N) is 2. The van der Waals surface area contributed by atoms with Crippen molar-refractivity contribution in [2.45, 2.75) is 41.5 Å². The summed E-state index contributed by atoms with van der Waals surface area (Å²) in [5.74, 6) is 6.03. The summed E-state index contributed by atoms with van der Waals surface area (Å²) in [6, 6.07) is 3.97. The van der Waals surface area contributed by atoms with Crippen LogP contribution in [0.1, 0.15) is 40.2 Å². The molecule has 18 heavy (non-hydrogen) atoms. The van der Waals surface area contributed by atoms with Gasteiger partial charge in [-0.1, -0.05) is 40.7 Å². The van der Waals surface area contributed by atoms with Gasteiger partial charge in [0, 0.05) is 11.0 Å². The molecule has 0 aliphatic heterocycles. The third-order valence-corrected chi connectivity index (χ3v) is 3.36. The fourth-order valence-electron chi connectivity index (χ4n) is 1.54. The smallest absolute Gasteiger partial charge is 0.0758 e. The van der Waals surface area contributed by atoms with E-state index in [1.165, 1.54) is 0 Å². The van der Waals surface area contributed by atoms with E-state index in [-0.39, 0.29) is 5.41 Å². The van der Waals surface area contributed by atoms with Gasteiger partial charge in [0.15, 0.2) is 0 Å². The highest BCUT2D eigenvalue weighted by Crippen LogP contribution is 2.33. The zero-order valence-electron chi connectivity index (χ0n) is 12.3. The van der Waals surface area contributed by atoms with Crippen LogP contribution in [0.25, 0.3) is 0 Å². The first kappa shape index (κ1) is 17.3. The summed E-state index contributed by atoms with van der Waals surface area (Å²) in [5.41, 5.74) is 8.86. The number of benzene rings is 1. The Kier molecular flexibility index (Phi) is 6.71. The van der Waals surface area contributed by atoms with E-state index in [0.29, 0.717) is 5.69 Å². The van der Waals surface area contributed by atoms with Crippen LogP contribution in [-0.4, -0.2) is 6.54 Å². The van der Waals surface area contributed by atoms with E-state index in [9.17, 15) is 0 Å². The second-order valence-electron chi connectivity index (χ2n) is 5.32. The fraction of sp³-hybridized carbons (Fsp3) is 0.571. The molecule has 0 saturated heterocycles. The van der Waals surface area contributed by atoms with E-state index < -0.39 is 0 Å². The van der Waals surface area contributed by atoms with Gasteiger partial charge in [0.05, 0.1) is 11.4 Å². The molecule has 0 fully saturated rings. The molecule has 0 aliphatic rings. The van der Waals surface area contributed by atoms with Gasteiger partial charge in [-0.15, -0.1) is 0 Å². The van der Waals surface area contributed by atoms with Gasteiger partial charge in [-0.3, -0.25) is 0 Å². The van der Waals surface area contributed by atoms with Gasteiger partial charge in [-0.05, 0) is 39.9 Å². The maximum absolute atomic E-state index is 6.03. The third-order valence-electron chi connectivity index (χ3n) is 2.30. The van der Waals surface area contributed by atoms with Gasteiger partial charge >= 0.3 is 0 Å². The Balaban J connectivity index is 0.00000137. The zero-order chi connectivity index (χ0) is 14.5. The highest BCUT2D eigenvalue weighted by molar-refractivity contribution is 9.10. The molecule has 4 N–H and O–H groups in total. The molecule has 4 heteroatoms. The molecule has 3 nitrogen and oxygen atoms in total. The van der Waals surface area contributed by atoms with E-state index in [1.807, 2.05) is 32.9 Å². The molecule has 0 amide bonds. The Morgan fingerprint density at radius 3 is 2.17 bits per heavy atom. The number of nitrogen functional groups attached to an aromatic ring is 1. The molecule has 0 atom stereocenters. The van der Waals surface area contributed by atoms with Crippen LogP contribution in [0.2, 0.25) is 0 Å². The average molecular weight is 316 g/mol. The van der Waals surface area contributed by atoms with E-state index in [2.05, 4.69) is 36.7 Å². The Labute approximate surface area is 120 Å². The Hall–Kier alpha value is -0.740. The van der Waals surface area contributed by atoms with E-state index in [0.717, 1.165) is 22.3 Å². The Morgan fingerprint density at radius 1 is 1.22 bits per heavy atom. The summed E-state index contributed by atoms with van der Waals surface area (Å²) in [5, 5.41) is 1.71. The summed E-state index contributed by atoms with van der Waals surface area (Å²) in [7, 11) is 0. The van der Waals surface area contributed by atoms with Crippen molar-refractivity contribution in [3.63, 3.8) is 0 Å². The first-order valence-electron chi connectivity index (χ1n) is 6.29. The van der Waals surface area contributed by atoms with Crippen LogP contribution in [0.15, 0.2) is 16.6 Å². The Morgan fingerprint density at radius 2 is 1.72 bits per heavy atom. The van der Waals surface area contributed by atoms with Gasteiger partial charge in [0.1, 0.15) is 0 Å². The highest BCUT2D eigenvalue weighted by Gasteiger charge is 2.17. The van der Waals surface area contributed by atoms with Gasteiger partial charge in [-0.2, -0.15) is 0 Å². The largest absolute Gasteiger partial charge is 0.396 e. The minimum absolute atomic E-state index is 0.137. The number of hydrazine groups is 1. The van der Waals surface area contributed by atoms with Gasteiger partial charge < -0.3 is 10.7 Å². The first-order chi connectivity index (χ1) is 8.22. The molecule has 0 spiro atoms. The average Bonchev–Trinajstić information content (AvgIpc) is 2.26. The summed E-state index contributed by atoms with van der Waals surface area (Å²) in [6.45, 7) is 13.2. The molecule has 1 aromatic carbocycles. The number of aryl methyl sites for hydroxylation is 1. The van der Waals surface area contributed by atoms with Crippen LogP contribution in [0, 0.1) is 12.3 Å². The van der Waals surface area contributed by atoms with Gasteiger partial charge in [0.25, 0.3) is 0 Å². The summed E-state index contributed by atoms with van der Waals surface area (Å²) >= 11 is 3.47. The number of rotatable bonds is 2. The van der Waals surface area contributed by atoms with Crippen molar-refractivity contribution >= 4 is 27.3 Å². The molecule has 0 saturated carbocycles. The van der Waals surface area contributed by atoms with Crippen LogP contribution in [-0.2, 0) is 0 Å². The van der Waals surface area contributed by atoms with Crippen LogP contribution in [0.4, 0.5) is 11.4 Å². The lowest BCUT2D eigenvalue weighted by Crippen LogP contribution is -2.38. The molecule has 0 unspecified atom stereocenters. The van der Waals surface area contributed by atoms with Crippen molar-refractivity contribution in [1.82, 2.24) is 0 Å². The van der Waals surface area contributed by atoms with Crippen LogP contribution < -0.4 is 16.6 Å². The van der Waals surface area contributed by atoms with Crippen LogP contribution in [0.3, 0.4) is 0 Å². The van der Waals surface area contributed by atoms with Crippen molar-refractivity contribution < 1.29 is 0 Å². The lowest BCUT2D eigenvalue weighted by molar-refractivity contribution is 0.412. The van der Waals surface area contributed by atoms with Crippen molar-refractivity contribution in [3.8, 4) is 0 Å². The number of hydrogen-bond donors (Lipinski definition) is 2. The molecule has 0 bridgehead atoms. The second-order valence-corrected chi connectivity index (χ2v) is 6.11. The maximum Gasteiger partial charge on any atom is 0.0758 e. The molecular weight excluding hydrogens is 290 g/mol. The predicted molar refractivity (Wildman–Crippen MR) is 85.6 cm³/mol. The molecule has 0 aromatic heterocycles. The van der Waals surface area contributed by atoms with Crippen LogP contribution in [0.5, 0.6) is 0 Å². The summed E-state index contributed by atoms with van der Waals surface area (Å²) < 4.78 is 0.925. The van der Waals surface area contributed by atoms with E-state index in [4.69, 9.17) is 11.6 Å². The number of nitrogens with zero attached hydrogens (tertiary/aromatic N) is 1. The molecule has 104 valence electrons. The van der Waals surface area contributed by atoms with Gasteiger partial charge in [0.2, 0.25) is 0 Å². The molecule has 1 rings (SSSR count). The van der Waals surface area contributed by atoms with Crippen molar-refractivity contribution in [2.75, 3.05) is 17.3 Å². The minimum Gasteiger partial charge on any atom is -0.396 e. The monoisotopic (exact) mass is 315 g/mol. The molecule has 0 radical (unpaired) electrons.